The Morgan fingerprint density at radius 2 is 2.00 bits per heavy atom. The maximum Gasteiger partial charge on any atom is 0.412 e. The second-order valence-electron chi connectivity index (χ2n) is 10.2. The Morgan fingerprint density at radius 3 is 2.59 bits per heavy atom. The topological polar surface area (TPSA) is 76.5 Å². The van der Waals surface area contributed by atoms with E-state index in [-0.39, 0.29) is 18.6 Å². The molecule has 0 saturated heterocycles. The van der Waals surface area contributed by atoms with Crippen molar-refractivity contribution < 1.29 is 32.6 Å². The lowest BCUT2D eigenvalue weighted by Gasteiger charge is -2.31. The molecule has 2 rings (SSSR count). The van der Waals surface area contributed by atoms with Gasteiger partial charge in [0, 0.05) is 41.0 Å². The number of ketones is 1. The molecule has 0 aliphatic carbocycles. The fraction of sp³-hybridized carbons (Fsp3) is 0.536. The maximum absolute atomic E-state index is 13.8. The first-order valence-electron chi connectivity index (χ1n) is 12.2. The highest BCUT2D eigenvalue weighted by Gasteiger charge is 2.37. The molecule has 1 aliphatic heterocycles. The lowest BCUT2D eigenvalue weighted by atomic mass is 9.75. The molecule has 0 bridgehead atoms. The van der Waals surface area contributed by atoms with E-state index in [1.807, 2.05) is 13.8 Å². The Morgan fingerprint density at radius 1 is 1.32 bits per heavy atom. The first-order valence-corrected chi connectivity index (χ1v) is 13.1. The number of carbonyl (C=O) groups is 2. The molecule has 1 aliphatic rings. The summed E-state index contributed by atoms with van der Waals surface area (Å²) in [5.74, 6) is -0.969. The van der Waals surface area contributed by atoms with E-state index in [0.29, 0.717) is 41.2 Å². The first-order chi connectivity index (χ1) is 17.2. The molecular weight excluding hydrogens is 503 g/mol. The van der Waals surface area contributed by atoms with Crippen molar-refractivity contribution >= 4 is 29.5 Å². The molecule has 1 aromatic heterocycles. The highest BCUT2D eigenvalue weighted by atomic mass is 32.1. The van der Waals surface area contributed by atoms with Crippen molar-refractivity contribution in [3.05, 3.63) is 57.8 Å². The van der Waals surface area contributed by atoms with Crippen LogP contribution in [0.3, 0.4) is 0 Å². The van der Waals surface area contributed by atoms with Crippen LogP contribution in [0.4, 0.5) is 13.2 Å². The summed E-state index contributed by atoms with van der Waals surface area (Å²) in [6.07, 6.45) is 0.331. The number of rotatable bonds is 3. The Bertz CT molecular complexity index is 1070. The zero-order chi connectivity index (χ0) is 28.0. The molecule has 1 N–H and O–H groups in total. The van der Waals surface area contributed by atoms with Gasteiger partial charge < -0.3 is 9.84 Å². The average molecular weight is 540 g/mol. The number of halogens is 3. The molecule has 0 aromatic carbocycles. The van der Waals surface area contributed by atoms with Gasteiger partial charge in [-0.25, -0.2) is 4.98 Å². The third-order valence-electron chi connectivity index (χ3n) is 6.71. The highest BCUT2D eigenvalue weighted by Crippen LogP contribution is 2.34. The largest absolute Gasteiger partial charge is 0.491 e. The molecule has 0 radical (unpaired) electrons. The number of aldehydes is 1. The SMILES string of the molecule is C=C1CCC(C)(C)C(=O)C(C)C(O)C(C)/C=C/C/C(C(F)(F)F)=C\CC(/C(C)=C/c2csc(C=O)n2)O1. The Balaban J connectivity index is 2.46. The van der Waals surface area contributed by atoms with Gasteiger partial charge in [0.25, 0.3) is 0 Å². The predicted molar refractivity (Wildman–Crippen MR) is 140 cm³/mol. The number of aliphatic hydroxyl groups is 1. The summed E-state index contributed by atoms with van der Waals surface area (Å²) in [4.78, 5) is 28.3. The number of hydrogen-bond acceptors (Lipinski definition) is 6. The van der Waals surface area contributed by atoms with Gasteiger partial charge in [0.05, 0.1) is 17.6 Å². The number of aliphatic hydroxyl groups excluding tert-OH is 1. The summed E-state index contributed by atoms with van der Waals surface area (Å²) in [5.41, 5.74) is -0.351. The third kappa shape index (κ3) is 8.78. The third-order valence-corrected chi connectivity index (χ3v) is 7.50. The van der Waals surface area contributed by atoms with E-state index in [0.717, 1.165) is 6.08 Å². The molecule has 5 nitrogen and oxygen atoms in total. The molecule has 0 fully saturated rings. The van der Waals surface area contributed by atoms with E-state index in [4.69, 9.17) is 4.74 Å². The summed E-state index contributed by atoms with van der Waals surface area (Å²) in [5, 5.41) is 12.7. The molecular formula is C28H36F3NO4S. The summed E-state index contributed by atoms with van der Waals surface area (Å²) in [6, 6.07) is 0. The minimum Gasteiger partial charge on any atom is -0.491 e. The van der Waals surface area contributed by atoms with Crippen LogP contribution in [-0.2, 0) is 9.53 Å². The van der Waals surface area contributed by atoms with Gasteiger partial charge in [-0.2, -0.15) is 13.2 Å². The molecule has 0 saturated carbocycles. The van der Waals surface area contributed by atoms with E-state index in [1.54, 1.807) is 32.2 Å². The fourth-order valence-corrected chi connectivity index (χ4v) is 4.80. The number of allylic oxidation sites excluding steroid dienone is 3. The highest BCUT2D eigenvalue weighted by molar-refractivity contribution is 7.11. The number of carbonyl (C=O) groups excluding carboxylic acids is 2. The zero-order valence-electron chi connectivity index (χ0n) is 22.0. The Kier molecular flexibility index (Phi) is 10.6. The van der Waals surface area contributed by atoms with E-state index < -0.39 is 41.2 Å². The minimum absolute atomic E-state index is 0.0632. The van der Waals surface area contributed by atoms with Crippen LogP contribution in [0.1, 0.15) is 75.8 Å². The molecule has 1 aromatic rings. The lowest BCUT2D eigenvalue weighted by molar-refractivity contribution is -0.135. The maximum atomic E-state index is 13.8. The van der Waals surface area contributed by atoms with Gasteiger partial charge in [0.2, 0.25) is 0 Å². The molecule has 0 spiro atoms. The number of ether oxygens (including phenoxy) is 1. The number of Topliss-reactive ketones (excluding diaryl/α,β-unsaturated/α-hetero) is 1. The zero-order valence-corrected chi connectivity index (χ0v) is 22.8. The standard InChI is InChI=1S/C28H36F3NO4S/c1-17-8-7-9-21(28(29,30)31)10-11-23(18(2)14-22-16-37-24(15-33)32-22)36-19(3)12-13-27(5,6)26(35)20(4)25(17)34/h7-8,10,14-17,20,23,25,34H,3,9,11-13H2,1-2,4-6H3/b8-7+,18-14+,21-10+. The van der Waals surface area contributed by atoms with Gasteiger partial charge in [-0.3, -0.25) is 9.59 Å². The van der Waals surface area contributed by atoms with Crippen molar-refractivity contribution in [1.82, 2.24) is 4.98 Å². The van der Waals surface area contributed by atoms with Crippen LogP contribution in [0.5, 0.6) is 0 Å². The van der Waals surface area contributed by atoms with Crippen LogP contribution in [0, 0.1) is 17.3 Å². The summed E-state index contributed by atoms with van der Waals surface area (Å²) in [7, 11) is 0. The summed E-state index contributed by atoms with van der Waals surface area (Å²) >= 11 is 1.17. The minimum atomic E-state index is -4.54. The van der Waals surface area contributed by atoms with Crippen molar-refractivity contribution in [2.24, 2.45) is 17.3 Å². The number of hydrogen-bond donors (Lipinski definition) is 1. The van der Waals surface area contributed by atoms with Crippen LogP contribution >= 0.6 is 11.3 Å². The van der Waals surface area contributed by atoms with E-state index in [2.05, 4.69) is 11.6 Å². The second-order valence-corrected chi connectivity index (χ2v) is 11.1. The van der Waals surface area contributed by atoms with E-state index in [1.165, 1.54) is 23.5 Å². The van der Waals surface area contributed by atoms with Crippen molar-refractivity contribution in [1.29, 1.82) is 0 Å². The van der Waals surface area contributed by atoms with Crippen LogP contribution in [0.25, 0.3) is 6.08 Å². The number of nitrogens with zero attached hydrogens (tertiary/aromatic N) is 1. The van der Waals surface area contributed by atoms with E-state index in [9.17, 15) is 27.9 Å². The Labute approximate surface area is 220 Å². The molecule has 4 unspecified atom stereocenters. The smallest absolute Gasteiger partial charge is 0.412 e. The van der Waals surface area contributed by atoms with Gasteiger partial charge in [0.15, 0.2) is 11.3 Å². The fourth-order valence-electron chi connectivity index (χ4n) is 4.22. The number of alkyl halides is 3. The van der Waals surface area contributed by atoms with Gasteiger partial charge in [-0.15, -0.1) is 11.3 Å². The quantitative estimate of drug-likeness (QED) is 0.327. The first kappa shape index (κ1) is 30.7. The van der Waals surface area contributed by atoms with Crippen molar-refractivity contribution in [3.63, 3.8) is 0 Å². The van der Waals surface area contributed by atoms with Crippen molar-refractivity contribution in [3.8, 4) is 0 Å². The van der Waals surface area contributed by atoms with Gasteiger partial charge >= 0.3 is 6.18 Å². The van der Waals surface area contributed by atoms with Crippen LogP contribution in [-0.4, -0.2) is 40.5 Å². The summed E-state index contributed by atoms with van der Waals surface area (Å²) in [6.45, 7) is 12.6. The second kappa shape index (κ2) is 12.8. The van der Waals surface area contributed by atoms with Crippen LogP contribution in [0.15, 0.2) is 47.1 Å². The Hall–Kier alpha value is -2.52. The van der Waals surface area contributed by atoms with Gasteiger partial charge in [-0.1, -0.05) is 52.5 Å². The van der Waals surface area contributed by atoms with Crippen molar-refractivity contribution in [2.45, 2.75) is 78.7 Å². The molecule has 204 valence electrons. The molecule has 4 atom stereocenters. The van der Waals surface area contributed by atoms with Crippen LogP contribution in [0.2, 0.25) is 0 Å². The average Bonchev–Trinajstić information content (AvgIpc) is 3.28. The molecule has 2 heterocycles. The van der Waals surface area contributed by atoms with Gasteiger partial charge in [-0.05, 0) is 31.4 Å². The van der Waals surface area contributed by atoms with Crippen molar-refractivity contribution in [2.75, 3.05) is 0 Å². The number of thiazole rings is 1. The van der Waals surface area contributed by atoms with Gasteiger partial charge in [0.1, 0.15) is 11.9 Å². The normalized spacial score (nSPS) is 29.2. The molecule has 37 heavy (non-hydrogen) atoms. The predicted octanol–water partition coefficient (Wildman–Crippen LogP) is 7.11. The molecule has 0 amide bonds. The van der Waals surface area contributed by atoms with Crippen LogP contribution < -0.4 is 0 Å². The van der Waals surface area contributed by atoms with E-state index >= 15 is 0 Å². The summed E-state index contributed by atoms with van der Waals surface area (Å²) < 4.78 is 47.4. The number of aromatic nitrogens is 1. The monoisotopic (exact) mass is 539 g/mol. The molecule has 9 heteroatoms. The lowest BCUT2D eigenvalue weighted by Crippen LogP contribution is -2.38.